The molecule has 0 saturated carbocycles. The maximum atomic E-state index is 9.86. The fourth-order valence-electron chi connectivity index (χ4n) is 1.92. The first-order valence-electron chi connectivity index (χ1n) is 6.01. The van der Waals surface area contributed by atoms with Crippen molar-refractivity contribution in [2.45, 2.75) is 0 Å². The van der Waals surface area contributed by atoms with Gasteiger partial charge in [0.15, 0.2) is 0 Å². The summed E-state index contributed by atoms with van der Waals surface area (Å²) in [5, 5.41) is 9.86. The molecule has 1 N–H and O–H groups in total. The van der Waals surface area contributed by atoms with E-state index in [1.807, 2.05) is 60.7 Å². The summed E-state index contributed by atoms with van der Waals surface area (Å²) in [7, 11) is 0. The Kier molecular flexibility index (Phi) is 2.94. The van der Waals surface area contributed by atoms with E-state index in [1.165, 1.54) is 0 Å². The lowest BCUT2D eigenvalue weighted by Crippen LogP contribution is -1.91. The van der Waals surface area contributed by atoms with E-state index in [0.29, 0.717) is 5.69 Å². The third kappa shape index (κ3) is 2.31. The van der Waals surface area contributed by atoms with Crippen LogP contribution in [-0.4, -0.2) is 15.1 Å². The van der Waals surface area contributed by atoms with Gasteiger partial charge in [0, 0.05) is 11.1 Å². The van der Waals surface area contributed by atoms with Crippen LogP contribution in [0.15, 0.2) is 66.9 Å². The predicted octanol–water partition coefficient (Wildman–Crippen LogP) is 3.52. The molecule has 2 aromatic carbocycles. The van der Waals surface area contributed by atoms with Crippen molar-refractivity contribution in [3.05, 3.63) is 66.9 Å². The first-order valence-corrected chi connectivity index (χ1v) is 6.01. The molecular formula is C16H12N2O. The van der Waals surface area contributed by atoms with E-state index in [0.717, 1.165) is 16.8 Å². The Hall–Kier alpha value is -2.68. The van der Waals surface area contributed by atoms with Gasteiger partial charge in [-0.2, -0.15) is 0 Å². The zero-order chi connectivity index (χ0) is 13.1. The van der Waals surface area contributed by atoms with Crippen molar-refractivity contribution in [3.8, 4) is 28.4 Å². The van der Waals surface area contributed by atoms with E-state index in [-0.39, 0.29) is 5.88 Å². The van der Waals surface area contributed by atoms with Gasteiger partial charge in [-0.25, -0.2) is 9.97 Å². The third-order valence-electron chi connectivity index (χ3n) is 2.87. The zero-order valence-corrected chi connectivity index (χ0v) is 10.2. The second kappa shape index (κ2) is 4.90. The summed E-state index contributed by atoms with van der Waals surface area (Å²) in [6.45, 7) is 0. The fraction of sp³-hybridized carbons (Fsp3) is 0. The van der Waals surface area contributed by atoms with Crippen molar-refractivity contribution in [1.82, 2.24) is 9.97 Å². The average Bonchev–Trinajstić information content (AvgIpc) is 2.49. The molecule has 1 heterocycles. The van der Waals surface area contributed by atoms with Crippen molar-refractivity contribution >= 4 is 0 Å². The molecular weight excluding hydrogens is 236 g/mol. The van der Waals surface area contributed by atoms with Gasteiger partial charge in [-0.05, 0) is 0 Å². The lowest BCUT2D eigenvalue weighted by atomic mass is 10.1. The van der Waals surface area contributed by atoms with Crippen molar-refractivity contribution in [2.75, 3.05) is 0 Å². The monoisotopic (exact) mass is 248 g/mol. The molecule has 19 heavy (non-hydrogen) atoms. The molecule has 3 aromatic rings. The van der Waals surface area contributed by atoms with E-state index in [1.54, 1.807) is 6.20 Å². The number of rotatable bonds is 2. The number of hydrogen-bond donors (Lipinski definition) is 1. The van der Waals surface area contributed by atoms with Crippen LogP contribution >= 0.6 is 0 Å². The van der Waals surface area contributed by atoms with Gasteiger partial charge in [0.05, 0.1) is 11.9 Å². The number of nitrogens with zero attached hydrogens (tertiary/aromatic N) is 2. The first-order chi connectivity index (χ1) is 9.34. The topological polar surface area (TPSA) is 46.0 Å². The van der Waals surface area contributed by atoms with Crippen LogP contribution in [0.3, 0.4) is 0 Å². The summed E-state index contributed by atoms with van der Waals surface area (Å²) in [4.78, 5) is 8.53. The van der Waals surface area contributed by atoms with Gasteiger partial charge < -0.3 is 5.11 Å². The van der Waals surface area contributed by atoms with Crippen LogP contribution in [0.25, 0.3) is 22.5 Å². The standard InChI is InChI=1S/C16H12N2O/c19-16-15(13-9-5-2-6-10-13)18-14(11-17-16)12-7-3-1-4-8-12/h1-11H,(H,17,19). The van der Waals surface area contributed by atoms with Gasteiger partial charge in [0.1, 0.15) is 5.69 Å². The lowest BCUT2D eigenvalue weighted by molar-refractivity contribution is 0.453. The van der Waals surface area contributed by atoms with E-state index in [9.17, 15) is 5.11 Å². The smallest absolute Gasteiger partial charge is 0.238 e. The first kappa shape index (κ1) is 11.4. The molecule has 3 heteroatoms. The van der Waals surface area contributed by atoms with Crippen molar-refractivity contribution in [2.24, 2.45) is 0 Å². The highest BCUT2D eigenvalue weighted by atomic mass is 16.3. The van der Waals surface area contributed by atoms with E-state index < -0.39 is 0 Å². The molecule has 1 aromatic heterocycles. The normalized spacial score (nSPS) is 10.3. The van der Waals surface area contributed by atoms with Crippen LogP contribution in [0, 0.1) is 0 Å². The Morgan fingerprint density at radius 3 is 1.95 bits per heavy atom. The van der Waals surface area contributed by atoms with Crippen LogP contribution in [0.2, 0.25) is 0 Å². The Morgan fingerprint density at radius 2 is 1.32 bits per heavy atom. The number of aromatic hydroxyl groups is 1. The van der Waals surface area contributed by atoms with Crippen LogP contribution in [-0.2, 0) is 0 Å². The SMILES string of the molecule is Oc1ncc(-c2ccccc2)nc1-c1ccccc1. The van der Waals surface area contributed by atoms with Gasteiger partial charge in [0.25, 0.3) is 0 Å². The van der Waals surface area contributed by atoms with Crippen LogP contribution in [0.5, 0.6) is 5.88 Å². The van der Waals surface area contributed by atoms with Crippen LogP contribution in [0.4, 0.5) is 0 Å². The summed E-state index contributed by atoms with van der Waals surface area (Å²) in [6, 6.07) is 19.3. The summed E-state index contributed by atoms with van der Waals surface area (Å²) >= 11 is 0. The fourth-order valence-corrected chi connectivity index (χ4v) is 1.92. The molecule has 92 valence electrons. The molecule has 0 aliphatic heterocycles. The maximum Gasteiger partial charge on any atom is 0.238 e. The van der Waals surface area contributed by atoms with E-state index in [2.05, 4.69) is 9.97 Å². The van der Waals surface area contributed by atoms with Gasteiger partial charge in [-0.1, -0.05) is 60.7 Å². The molecule has 0 fully saturated rings. The van der Waals surface area contributed by atoms with Gasteiger partial charge in [0.2, 0.25) is 5.88 Å². The Bertz CT molecular complexity index is 682. The van der Waals surface area contributed by atoms with Crippen molar-refractivity contribution in [1.29, 1.82) is 0 Å². The van der Waals surface area contributed by atoms with Crippen molar-refractivity contribution in [3.63, 3.8) is 0 Å². The van der Waals surface area contributed by atoms with E-state index in [4.69, 9.17) is 0 Å². The highest BCUT2D eigenvalue weighted by Crippen LogP contribution is 2.27. The number of benzene rings is 2. The molecule has 0 aliphatic carbocycles. The van der Waals surface area contributed by atoms with E-state index >= 15 is 0 Å². The summed E-state index contributed by atoms with van der Waals surface area (Å²) < 4.78 is 0. The van der Waals surface area contributed by atoms with Gasteiger partial charge >= 0.3 is 0 Å². The minimum Gasteiger partial charge on any atom is -0.492 e. The van der Waals surface area contributed by atoms with Gasteiger partial charge in [-0.3, -0.25) is 0 Å². The Morgan fingerprint density at radius 1 is 0.737 bits per heavy atom. The molecule has 0 saturated heterocycles. The molecule has 0 spiro atoms. The Balaban J connectivity index is 2.12. The largest absolute Gasteiger partial charge is 0.492 e. The molecule has 0 radical (unpaired) electrons. The summed E-state index contributed by atoms with van der Waals surface area (Å²) in [6.07, 6.45) is 1.58. The molecule has 0 aliphatic rings. The molecule has 3 nitrogen and oxygen atoms in total. The molecule has 0 bridgehead atoms. The highest BCUT2D eigenvalue weighted by Gasteiger charge is 2.09. The number of aromatic nitrogens is 2. The second-order valence-electron chi connectivity index (χ2n) is 4.16. The summed E-state index contributed by atoms with van der Waals surface area (Å²) in [5.74, 6) is -0.0501. The minimum atomic E-state index is -0.0501. The van der Waals surface area contributed by atoms with Crippen LogP contribution < -0.4 is 0 Å². The zero-order valence-electron chi connectivity index (χ0n) is 10.2. The molecule has 0 unspecified atom stereocenters. The van der Waals surface area contributed by atoms with Crippen molar-refractivity contribution < 1.29 is 5.11 Å². The quantitative estimate of drug-likeness (QED) is 0.754. The van der Waals surface area contributed by atoms with Crippen LogP contribution in [0.1, 0.15) is 0 Å². The lowest BCUT2D eigenvalue weighted by Gasteiger charge is -2.06. The Labute approximate surface area is 111 Å². The summed E-state index contributed by atoms with van der Waals surface area (Å²) in [5.41, 5.74) is 3.08. The molecule has 0 atom stereocenters. The highest BCUT2D eigenvalue weighted by molar-refractivity contribution is 5.68. The van der Waals surface area contributed by atoms with Gasteiger partial charge in [-0.15, -0.1) is 0 Å². The predicted molar refractivity (Wildman–Crippen MR) is 74.6 cm³/mol. The molecule has 3 rings (SSSR count). The third-order valence-corrected chi connectivity index (χ3v) is 2.87. The maximum absolute atomic E-state index is 9.86. The molecule has 0 amide bonds. The minimum absolute atomic E-state index is 0.0501. The second-order valence-corrected chi connectivity index (χ2v) is 4.16. The number of hydrogen-bond acceptors (Lipinski definition) is 3. The average molecular weight is 248 g/mol.